The number of hydrogen-bond acceptors (Lipinski definition) is 1. The fraction of sp³-hybridized carbons (Fsp3) is 0.100. The minimum Gasteiger partial charge on any atom is -0.359 e. The summed E-state index contributed by atoms with van der Waals surface area (Å²) in [6, 6.07) is 5.52. The van der Waals surface area contributed by atoms with E-state index in [0.29, 0.717) is 10.6 Å². The van der Waals surface area contributed by atoms with Crippen molar-refractivity contribution in [2.24, 2.45) is 0 Å². The lowest BCUT2D eigenvalue weighted by Crippen LogP contribution is -1.88. The third-order valence-corrected chi connectivity index (χ3v) is 2.36. The molecule has 2 rings (SSSR count). The topological polar surface area (TPSA) is 32.9 Å². The molecule has 1 aromatic heterocycles. The summed E-state index contributed by atoms with van der Waals surface area (Å²) >= 11 is 5.93. The maximum absolute atomic E-state index is 11.2. The van der Waals surface area contributed by atoms with Crippen LogP contribution in [-0.2, 0) is 0 Å². The lowest BCUT2D eigenvalue weighted by molar-refractivity contribution is 0.101. The molecule has 0 aliphatic heterocycles. The molecule has 0 radical (unpaired) electrons. The molecule has 0 bridgehead atoms. The highest BCUT2D eigenvalue weighted by atomic mass is 35.5. The summed E-state index contributed by atoms with van der Waals surface area (Å²) in [5.41, 5.74) is 1.52. The van der Waals surface area contributed by atoms with Crippen molar-refractivity contribution >= 4 is 28.3 Å². The molecule has 13 heavy (non-hydrogen) atoms. The molecule has 1 heterocycles. The SMILES string of the molecule is CC(=O)c1c[nH]c2c(Cl)cccc12. The zero-order valence-corrected chi connectivity index (χ0v) is 7.85. The molecule has 66 valence electrons. The summed E-state index contributed by atoms with van der Waals surface area (Å²) in [5.74, 6) is 0.0496. The van der Waals surface area contributed by atoms with E-state index in [9.17, 15) is 4.79 Å². The number of Topliss-reactive ketones (excluding diaryl/α,β-unsaturated/α-hetero) is 1. The first-order chi connectivity index (χ1) is 6.20. The minimum absolute atomic E-state index is 0.0496. The summed E-state index contributed by atoms with van der Waals surface area (Å²) < 4.78 is 0. The Hall–Kier alpha value is -1.28. The maximum Gasteiger partial charge on any atom is 0.161 e. The molecule has 2 nitrogen and oxygen atoms in total. The number of fused-ring (bicyclic) bond motifs is 1. The number of benzene rings is 1. The molecule has 1 aromatic carbocycles. The molecule has 0 amide bonds. The van der Waals surface area contributed by atoms with E-state index >= 15 is 0 Å². The van der Waals surface area contributed by atoms with Gasteiger partial charge in [0, 0.05) is 17.1 Å². The van der Waals surface area contributed by atoms with Gasteiger partial charge in [-0.25, -0.2) is 0 Å². The van der Waals surface area contributed by atoms with Gasteiger partial charge in [0.2, 0.25) is 0 Å². The highest BCUT2D eigenvalue weighted by Crippen LogP contribution is 2.25. The van der Waals surface area contributed by atoms with Gasteiger partial charge < -0.3 is 4.98 Å². The Morgan fingerprint density at radius 2 is 2.23 bits per heavy atom. The van der Waals surface area contributed by atoms with E-state index in [0.717, 1.165) is 10.9 Å². The smallest absolute Gasteiger partial charge is 0.161 e. The van der Waals surface area contributed by atoms with E-state index < -0.39 is 0 Å². The van der Waals surface area contributed by atoms with Crippen molar-refractivity contribution in [2.45, 2.75) is 6.92 Å². The van der Waals surface area contributed by atoms with Gasteiger partial charge in [0.25, 0.3) is 0 Å². The van der Waals surface area contributed by atoms with Gasteiger partial charge in [0.15, 0.2) is 5.78 Å². The number of para-hydroxylation sites is 1. The van der Waals surface area contributed by atoms with Gasteiger partial charge in [0.1, 0.15) is 0 Å². The van der Waals surface area contributed by atoms with Crippen molar-refractivity contribution in [3.05, 3.63) is 35.0 Å². The van der Waals surface area contributed by atoms with Crippen LogP contribution in [0.25, 0.3) is 10.9 Å². The summed E-state index contributed by atoms with van der Waals surface area (Å²) in [6.45, 7) is 1.55. The lowest BCUT2D eigenvalue weighted by atomic mass is 10.1. The summed E-state index contributed by atoms with van der Waals surface area (Å²) in [6.07, 6.45) is 1.69. The molecule has 0 fully saturated rings. The Morgan fingerprint density at radius 1 is 1.46 bits per heavy atom. The van der Waals surface area contributed by atoms with E-state index in [1.807, 2.05) is 12.1 Å². The fourth-order valence-corrected chi connectivity index (χ4v) is 1.64. The predicted molar refractivity (Wildman–Crippen MR) is 53.3 cm³/mol. The molecule has 1 N–H and O–H groups in total. The third kappa shape index (κ3) is 1.23. The normalized spacial score (nSPS) is 10.6. The van der Waals surface area contributed by atoms with Crippen molar-refractivity contribution in [1.29, 1.82) is 0 Å². The average molecular weight is 194 g/mol. The van der Waals surface area contributed by atoms with Gasteiger partial charge in [0.05, 0.1) is 10.5 Å². The minimum atomic E-state index is 0.0496. The summed E-state index contributed by atoms with van der Waals surface area (Å²) in [5, 5.41) is 1.53. The van der Waals surface area contributed by atoms with Gasteiger partial charge in [-0.05, 0) is 13.0 Å². The summed E-state index contributed by atoms with van der Waals surface area (Å²) in [4.78, 5) is 14.2. The number of nitrogens with one attached hydrogen (secondary N) is 1. The van der Waals surface area contributed by atoms with Crippen LogP contribution in [0, 0.1) is 0 Å². The number of hydrogen-bond donors (Lipinski definition) is 1. The Bertz CT molecular complexity index is 473. The molecule has 3 heteroatoms. The first-order valence-corrected chi connectivity index (χ1v) is 4.34. The van der Waals surface area contributed by atoms with Crippen LogP contribution in [0.1, 0.15) is 17.3 Å². The van der Waals surface area contributed by atoms with Crippen LogP contribution in [0.4, 0.5) is 0 Å². The van der Waals surface area contributed by atoms with Crippen molar-refractivity contribution in [3.63, 3.8) is 0 Å². The highest BCUT2D eigenvalue weighted by Gasteiger charge is 2.08. The van der Waals surface area contributed by atoms with E-state index in [-0.39, 0.29) is 5.78 Å². The van der Waals surface area contributed by atoms with E-state index in [2.05, 4.69) is 4.98 Å². The second-order valence-electron chi connectivity index (χ2n) is 2.92. The van der Waals surface area contributed by atoms with Crippen LogP contribution in [-0.4, -0.2) is 10.8 Å². The Morgan fingerprint density at radius 3 is 2.92 bits per heavy atom. The number of rotatable bonds is 1. The molecular weight excluding hydrogens is 186 g/mol. The van der Waals surface area contributed by atoms with Gasteiger partial charge in [-0.3, -0.25) is 4.79 Å². The second-order valence-corrected chi connectivity index (χ2v) is 3.33. The number of ketones is 1. The first-order valence-electron chi connectivity index (χ1n) is 3.96. The van der Waals surface area contributed by atoms with Crippen LogP contribution >= 0.6 is 11.6 Å². The van der Waals surface area contributed by atoms with Crippen LogP contribution in [0.15, 0.2) is 24.4 Å². The van der Waals surface area contributed by atoms with Gasteiger partial charge >= 0.3 is 0 Å². The van der Waals surface area contributed by atoms with Crippen molar-refractivity contribution in [2.75, 3.05) is 0 Å². The largest absolute Gasteiger partial charge is 0.359 e. The Labute approximate surface area is 80.5 Å². The van der Waals surface area contributed by atoms with Crippen LogP contribution in [0.3, 0.4) is 0 Å². The Balaban J connectivity index is 2.83. The zero-order chi connectivity index (χ0) is 9.42. The van der Waals surface area contributed by atoms with E-state index in [1.54, 1.807) is 19.2 Å². The molecule has 0 spiro atoms. The summed E-state index contributed by atoms with van der Waals surface area (Å²) in [7, 11) is 0. The third-order valence-electron chi connectivity index (χ3n) is 2.04. The average Bonchev–Trinajstić information content (AvgIpc) is 2.48. The highest BCUT2D eigenvalue weighted by molar-refractivity contribution is 6.35. The molecule has 0 aliphatic carbocycles. The number of carbonyl (C=O) groups is 1. The van der Waals surface area contributed by atoms with Crippen LogP contribution in [0.5, 0.6) is 0 Å². The molecular formula is C10H8ClNO. The number of aromatic amines is 1. The second kappa shape index (κ2) is 2.89. The molecule has 0 aliphatic rings. The van der Waals surface area contributed by atoms with Gasteiger partial charge in [-0.15, -0.1) is 0 Å². The van der Waals surface area contributed by atoms with E-state index in [1.165, 1.54) is 0 Å². The van der Waals surface area contributed by atoms with Gasteiger partial charge in [-0.2, -0.15) is 0 Å². The molecule has 0 unspecified atom stereocenters. The number of H-pyrrole nitrogens is 1. The van der Waals surface area contributed by atoms with Gasteiger partial charge in [-0.1, -0.05) is 23.7 Å². The molecule has 2 aromatic rings. The molecule has 0 saturated carbocycles. The van der Waals surface area contributed by atoms with Crippen LogP contribution in [0.2, 0.25) is 5.02 Å². The fourth-order valence-electron chi connectivity index (χ4n) is 1.41. The van der Waals surface area contributed by atoms with Crippen molar-refractivity contribution in [1.82, 2.24) is 4.98 Å². The first kappa shape index (κ1) is 8.32. The predicted octanol–water partition coefficient (Wildman–Crippen LogP) is 3.02. The number of carbonyl (C=O) groups excluding carboxylic acids is 1. The monoisotopic (exact) mass is 193 g/mol. The molecule has 0 atom stereocenters. The van der Waals surface area contributed by atoms with Crippen molar-refractivity contribution < 1.29 is 4.79 Å². The molecule has 0 saturated heterocycles. The quantitative estimate of drug-likeness (QED) is 0.694. The Kier molecular flexibility index (Phi) is 1.85. The van der Waals surface area contributed by atoms with Crippen molar-refractivity contribution in [3.8, 4) is 0 Å². The zero-order valence-electron chi connectivity index (χ0n) is 7.10. The van der Waals surface area contributed by atoms with Crippen LogP contribution < -0.4 is 0 Å². The lowest BCUT2D eigenvalue weighted by Gasteiger charge is -1.93. The maximum atomic E-state index is 11.2. The number of aromatic nitrogens is 1. The van der Waals surface area contributed by atoms with E-state index in [4.69, 9.17) is 11.6 Å². The number of halogens is 1. The standard InChI is InChI=1S/C10H8ClNO/c1-6(13)8-5-12-10-7(8)3-2-4-9(10)11/h2-5,12H,1H3.